The number of hydrogen-bond acceptors (Lipinski definition) is 2. The van der Waals surface area contributed by atoms with Crippen molar-refractivity contribution < 1.29 is 0 Å². The molecule has 158 valence electrons. The van der Waals surface area contributed by atoms with Crippen LogP contribution in [0.3, 0.4) is 0 Å². The van der Waals surface area contributed by atoms with Gasteiger partial charge in [-0.05, 0) is 52.0 Å². The fourth-order valence-electron chi connectivity index (χ4n) is 6.31. The standard InChI is InChI=1S/C31H21BN2/c1-2-12-23(13-3-1)33-29-19-7-5-14-24(29)25-15-9-16-26-27-17-8-11-22-20-21-10-4-6-18-28(21)34(31(22)27)32(33)30(25)26/h1-19H,20H2. The summed E-state index contributed by atoms with van der Waals surface area (Å²) in [6.45, 7) is 0.0404. The van der Waals surface area contributed by atoms with Gasteiger partial charge in [-0.1, -0.05) is 91.0 Å². The van der Waals surface area contributed by atoms with Crippen LogP contribution in [-0.4, -0.2) is 6.98 Å². The van der Waals surface area contributed by atoms with Crippen LogP contribution >= 0.6 is 0 Å². The van der Waals surface area contributed by atoms with Crippen molar-refractivity contribution >= 4 is 35.2 Å². The van der Waals surface area contributed by atoms with E-state index in [4.69, 9.17) is 0 Å². The van der Waals surface area contributed by atoms with Crippen LogP contribution < -0.4 is 15.1 Å². The Balaban J connectivity index is 1.54. The van der Waals surface area contributed by atoms with Gasteiger partial charge in [0, 0.05) is 40.3 Å². The summed E-state index contributed by atoms with van der Waals surface area (Å²) in [7, 11) is 0. The fourth-order valence-corrected chi connectivity index (χ4v) is 6.31. The molecule has 0 fully saturated rings. The summed E-state index contributed by atoms with van der Waals surface area (Å²) >= 11 is 0. The van der Waals surface area contributed by atoms with Gasteiger partial charge >= 0.3 is 6.98 Å². The zero-order valence-electron chi connectivity index (χ0n) is 18.6. The normalized spacial score (nSPS) is 14.2. The van der Waals surface area contributed by atoms with Crippen molar-refractivity contribution in [3.63, 3.8) is 0 Å². The third-order valence-electron chi connectivity index (χ3n) is 7.62. The van der Waals surface area contributed by atoms with E-state index in [-0.39, 0.29) is 6.98 Å². The van der Waals surface area contributed by atoms with Crippen molar-refractivity contribution in [3.05, 3.63) is 126 Å². The Morgan fingerprint density at radius 3 is 1.97 bits per heavy atom. The van der Waals surface area contributed by atoms with Crippen LogP contribution in [0, 0.1) is 0 Å². The Hall–Kier alpha value is -4.24. The van der Waals surface area contributed by atoms with Gasteiger partial charge in [0.15, 0.2) is 0 Å². The molecule has 0 unspecified atom stereocenters. The molecule has 3 heteroatoms. The van der Waals surface area contributed by atoms with Crippen molar-refractivity contribution in [3.8, 4) is 22.3 Å². The highest BCUT2D eigenvalue weighted by Gasteiger charge is 2.48. The monoisotopic (exact) mass is 432 g/mol. The van der Waals surface area contributed by atoms with Gasteiger partial charge in [0.25, 0.3) is 0 Å². The zero-order chi connectivity index (χ0) is 22.2. The molecular weight excluding hydrogens is 411 g/mol. The van der Waals surface area contributed by atoms with Gasteiger partial charge in [0.1, 0.15) is 0 Å². The first-order chi connectivity index (χ1) is 16.9. The number of fused-ring (bicyclic) bond motifs is 6. The maximum atomic E-state index is 2.61. The van der Waals surface area contributed by atoms with Crippen molar-refractivity contribution in [2.75, 3.05) is 9.62 Å². The molecule has 5 aromatic rings. The molecule has 5 aromatic carbocycles. The quantitative estimate of drug-likeness (QED) is 0.265. The summed E-state index contributed by atoms with van der Waals surface area (Å²) in [4.78, 5) is 5.15. The molecule has 0 amide bonds. The predicted octanol–water partition coefficient (Wildman–Crippen LogP) is 6.92. The van der Waals surface area contributed by atoms with E-state index in [1.165, 1.54) is 61.6 Å². The van der Waals surface area contributed by atoms with E-state index < -0.39 is 0 Å². The largest absolute Gasteiger partial charge is 0.421 e. The first kappa shape index (κ1) is 18.2. The number of anilines is 4. The molecular formula is C31H21BN2. The van der Waals surface area contributed by atoms with Gasteiger partial charge < -0.3 is 9.62 Å². The highest BCUT2D eigenvalue weighted by atomic mass is 15.2. The van der Waals surface area contributed by atoms with E-state index >= 15 is 0 Å². The molecule has 3 aliphatic rings. The predicted molar refractivity (Wildman–Crippen MR) is 143 cm³/mol. The number of hydrogen-bond donors (Lipinski definition) is 0. The van der Waals surface area contributed by atoms with E-state index in [0.29, 0.717) is 0 Å². The molecule has 0 spiro atoms. The van der Waals surface area contributed by atoms with Gasteiger partial charge in [0.05, 0.1) is 0 Å². The Kier molecular flexibility index (Phi) is 3.56. The second kappa shape index (κ2) is 6.65. The topological polar surface area (TPSA) is 6.48 Å². The first-order valence-electron chi connectivity index (χ1n) is 12.0. The van der Waals surface area contributed by atoms with Crippen LogP contribution in [0.4, 0.5) is 22.7 Å². The molecule has 0 aromatic heterocycles. The average Bonchev–Trinajstić information content (AvgIpc) is 2.91. The lowest BCUT2D eigenvalue weighted by molar-refractivity contribution is 1.10. The summed E-state index contributed by atoms with van der Waals surface area (Å²) < 4.78 is 0. The second-order valence-corrected chi connectivity index (χ2v) is 9.35. The molecule has 3 heterocycles. The van der Waals surface area contributed by atoms with Gasteiger partial charge in [0.2, 0.25) is 0 Å². The lowest BCUT2D eigenvalue weighted by Crippen LogP contribution is -2.62. The molecule has 0 N–H and O–H groups in total. The number of rotatable bonds is 1. The van der Waals surface area contributed by atoms with E-state index in [1.54, 1.807) is 0 Å². The van der Waals surface area contributed by atoms with E-state index in [2.05, 4.69) is 125 Å². The third-order valence-corrected chi connectivity index (χ3v) is 7.62. The number of benzene rings is 5. The molecule has 0 atom stereocenters. The maximum Gasteiger partial charge on any atom is 0.421 e. The SMILES string of the molecule is c1ccc(N2B3c4c(cccc4-c4cccc5c4N3c3ccccc3C5)-c3ccccc32)cc1. The zero-order valence-corrected chi connectivity index (χ0v) is 18.6. The molecule has 3 aliphatic heterocycles. The van der Waals surface area contributed by atoms with Crippen LogP contribution in [-0.2, 0) is 6.42 Å². The van der Waals surface area contributed by atoms with E-state index in [0.717, 1.165) is 6.42 Å². The summed E-state index contributed by atoms with van der Waals surface area (Å²) in [5, 5.41) is 0. The van der Waals surface area contributed by atoms with Crippen LogP contribution in [0.1, 0.15) is 11.1 Å². The van der Waals surface area contributed by atoms with Crippen molar-refractivity contribution in [1.29, 1.82) is 0 Å². The minimum Gasteiger partial charge on any atom is -0.361 e. The van der Waals surface area contributed by atoms with Crippen LogP contribution in [0.25, 0.3) is 22.3 Å². The highest BCUT2D eigenvalue weighted by Crippen LogP contribution is 2.52. The maximum absolute atomic E-state index is 2.61. The van der Waals surface area contributed by atoms with E-state index in [9.17, 15) is 0 Å². The molecule has 0 bridgehead atoms. The highest BCUT2D eigenvalue weighted by molar-refractivity contribution is 6.86. The average molecular weight is 432 g/mol. The molecule has 0 saturated heterocycles. The van der Waals surface area contributed by atoms with Gasteiger partial charge in [-0.3, -0.25) is 0 Å². The van der Waals surface area contributed by atoms with Crippen molar-refractivity contribution in [2.45, 2.75) is 6.42 Å². The van der Waals surface area contributed by atoms with Crippen LogP contribution in [0.2, 0.25) is 0 Å². The minimum atomic E-state index is 0.0404. The molecule has 2 nitrogen and oxygen atoms in total. The smallest absolute Gasteiger partial charge is 0.361 e. The summed E-state index contributed by atoms with van der Waals surface area (Å²) in [5.41, 5.74) is 14.7. The Labute approximate surface area is 199 Å². The van der Waals surface area contributed by atoms with Crippen molar-refractivity contribution in [1.82, 2.24) is 0 Å². The molecule has 0 aliphatic carbocycles. The molecule has 34 heavy (non-hydrogen) atoms. The summed E-state index contributed by atoms with van der Waals surface area (Å²) in [5.74, 6) is 0. The molecule has 0 saturated carbocycles. The minimum absolute atomic E-state index is 0.0404. The Morgan fingerprint density at radius 2 is 1.09 bits per heavy atom. The van der Waals surface area contributed by atoms with E-state index in [1.807, 2.05) is 0 Å². The first-order valence-corrected chi connectivity index (χ1v) is 12.0. The molecule has 8 rings (SSSR count). The second-order valence-electron chi connectivity index (χ2n) is 9.35. The third kappa shape index (κ3) is 2.26. The Bertz CT molecular complexity index is 1610. The van der Waals surface area contributed by atoms with Gasteiger partial charge in [-0.15, -0.1) is 0 Å². The number of nitrogens with zero attached hydrogens (tertiary/aromatic N) is 2. The van der Waals surface area contributed by atoms with Gasteiger partial charge in [-0.25, -0.2) is 0 Å². The fraction of sp³-hybridized carbons (Fsp3) is 0.0323. The van der Waals surface area contributed by atoms with Crippen LogP contribution in [0.15, 0.2) is 115 Å². The number of para-hydroxylation sites is 4. The van der Waals surface area contributed by atoms with Crippen molar-refractivity contribution in [2.24, 2.45) is 0 Å². The Morgan fingerprint density at radius 1 is 0.471 bits per heavy atom. The van der Waals surface area contributed by atoms with Crippen LogP contribution in [0.5, 0.6) is 0 Å². The summed E-state index contributed by atoms with van der Waals surface area (Å²) in [6.07, 6.45) is 0.972. The summed E-state index contributed by atoms with van der Waals surface area (Å²) in [6, 6.07) is 42.3. The molecule has 0 radical (unpaired) electrons. The van der Waals surface area contributed by atoms with Gasteiger partial charge in [-0.2, -0.15) is 0 Å². The lowest BCUT2D eigenvalue weighted by atomic mass is 9.52. The lowest BCUT2D eigenvalue weighted by Gasteiger charge is -2.50.